The van der Waals surface area contributed by atoms with Gasteiger partial charge in [0.1, 0.15) is 12.4 Å². The van der Waals surface area contributed by atoms with Crippen LogP contribution in [-0.2, 0) is 4.79 Å². The number of amides is 1. The molecule has 4 nitrogen and oxygen atoms in total. The van der Waals surface area contributed by atoms with Crippen LogP contribution in [0.15, 0.2) is 18.2 Å². The Labute approximate surface area is 102 Å². The lowest BCUT2D eigenvalue weighted by Gasteiger charge is -2.10. The molecule has 1 amide bonds. The lowest BCUT2D eigenvalue weighted by molar-refractivity contribution is -0.122. The van der Waals surface area contributed by atoms with Gasteiger partial charge in [-0.05, 0) is 44.0 Å². The molecule has 1 aromatic rings. The number of nitrogens with one attached hydrogen (secondary N) is 1. The summed E-state index contributed by atoms with van der Waals surface area (Å²) in [6.45, 7) is 6.62. The number of ether oxygens (including phenoxy) is 1. The number of nitrogens with two attached hydrogens (primary N) is 1. The molecule has 0 unspecified atom stereocenters. The van der Waals surface area contributed by atoms with Crippen molar-refractivity contribution in [3.63, 3.8) is 0 Å². The molecule has 0 aliphatic rings. The minimum absolute atomic E-state index is 0.158. The minimum Gasteiger partial charge on any atom is -0.492 e. The van der Waals surface area contributed by atoms with Gasteiger partial charge >= 0.3 is 0 Å². The summed E-state index contributed by atoms with van der Waals surface area (Å²) in [6, 6.07) is 5.56. The minimum atomic E-state index is -0.476. The van der Waals surface area contributed by atoms with Gasteiger partial charge in [-0.3, -0.25) is 4.79 Å². The summed E-state index contributed by atoms with van der Waals surface area (Å²) < 4.78 is 5.54. The third kappa shape index (κ3) is 4.87. The second-order valence-electron chi connectivity index (χ2n) is 4.25. The van der Waals surface area contributed by atoms with E-state index in [9.17, 15) is 4.79 Å². The molecule has 94 valence electrons. The second-order valence-corrected chi connectivity index (χ2v) is 4.25. The summed E-state index contributed by atoms with van der Waals surface area (Å²) in [5.74, 6) is 0.673. The van der Waals surface area contributed by atoms with Crippen molar-refractivity contribution in [1.82, 2.24) is 5.32 Å². The number of carbonyl (C=O) groups is 1. The van der Waals surface area contributed by atoms with Crippen molar-refractivity contribution in [2.24, 2.45) is 5.73 Å². The molecule has 0 bridgehead atoms. The third-order valence-corrected chi connectivity index (χ3v) is 2.28. The van der Waals surface area contributed by atoms with Crippen LogP contribution in [0.3, 0.4) is 0 Å². The second kappa shape index (κ2) is 6.25. The van der Waals surface area contributed by atoms with Crippen molar-refractivity contribution in [2.75, 3.05) is 13.2 Å². The van der Waals surface area contributed by atoms with Crippen LogP contribution in [0.1, 0.15) is 18.1 Å². The van der Waals surface area contributed by atoms with Gasteiger partial charge in [-0.15, -0.1) is 0 Å². The highest BCUT2D eigenvalue weighted by molar-refractivity contribution is 5.80. The Balaban J connectivity index is 2.33. The lowest BCUT2D eigenvalue weighted by Crippen LogP contribution is -2.40. The molecule has 0 radical (unpaired) electrons. The number of carbonyl (C=O) groups excluding carboxylic acids is 1. The molecule has 0 saturated carbocycles. The van der Waals surface area contributed by atoms with Gasteiger partial charge in [0, 0.05) is 0 Å². The molecule has 1 atom stereocenters. The van der Waals surface area contributed by atoms with Crippen molar-refractivity contribution in [3.05, 3.63) is 29.3 Å². The van der Waals surface area contributed by atoms with Gasteiger partial charge in [0.05, 0.1) is 12.6 Å². The predicted molar refractivity (Wildman–Crippen MR) is 68.1 cm³/mol. The molecular formula is C13H20N2O2. The smallest absolute Gasteiger partial charge is 0.236 e. The number of rotatable bonds is 5. The molecule has 0 heterocycles. The highest BCUT2D eigenvalue weighted by Gasteiger charge is 2.05. The molecule has 3 N–H and O–H groups in total. The van der Waals surface area contributed by atoms with E-state index in [1.807, 2.05) is 26.0 Å². The monoisotopic (exact) mass is 236 g/mol. The van der Waals surface area contributed by atoms with Crippen LogP contribution in [-0.4, -0.2) is 25.1 Å². The fourth-order valence-corrected chi connectivity index (χ4v) is 1.52. The topological polar surface area (TPSA) is 64.3 Å². The third-order valence-electron chi connectivity index (χ3n) is 2.28. The molecule has 4 heteroatoms. The largest absolute Gasteiger partial charge is 0.492 e. The highest BCUT2D eigenvalue weighted by Crippen LogP contribution is 2.15. The van der Waals surface area contributed by atoms with Crippen LogP contribution in [0.4, 0.5) is 0 Å². The number of hydrogen-bond acceptors (Lipinski definition) is 3. The first-order valence-corrected chi connectivity index (χ1v) is 5.73. The van der Waals surface area contributed by atoms with Gasteiger partial charge < -0.3 is 15.8 Å². The van der Waals surface area contributed by atoms with Crippen LogP contribution >= 0.6 is 0 Å². The van der Waals surface area contributed by atoms with E-state index in [2.05, 4.69) is 11.4 Å². The van der Waals surface area contributed by atoms with E-state index in [1.165, 1.54) is 11.1 Å². The number of benzene rings is 1. The summed E-state index contributed by atoms with van der Waals surface area (Å²) in [5, 5.41) is 2.69. The van der Waals surface area contributed by atoms with E-state index < -0.39 is 6.04 Å². The Kier molecular flexibility index (Phi) is 4.97. The predicted octanol–water partition coefficient (Wildman–Crippen LogP) is 1.15. The van der Waals surface area contributed by atoms with E-state index in [0.717, 1.165) is 5.75 Å². The Morgan fingerprint density at radius 3 is 2.47 bits per heavy atom. The molecule has 17 heavy (non-hydrogen) atoms. The average Bonchev–Trinajstić information content (AvgIpc) is 2.22. The summed E-state index contributed by atoms with van der Waals surface area (Å²) in [5.41, 5.74) is 7.75. The van der Waals surface area contributed by atoms with Crippen LogP contribution in [0, 0.1) is 13.8 Å². The molecular weight excluding hydrogens is 216 g/mol. The van der Waals surface area contributed by atoms with Crippen LogP contribution in [0.5, 0.6) is 5.75 Å². The van der Waals surface area contributed by atoms with Gasteiger partial charge in [0.2, 0.25) is 5.91 Å². The first kappa shape index (κ1) is 13.5. The zero-order valence-electron chi connectivity index (χ0n) is 10.6. The zero-order chi connectivity index (χ0) is 12.8. The van der Waals surface area contributed by atoms with Crippen molar-refractivity contribution >= 4 is 5.91 Å². The summed E-state index contributed by atoms with van der Waals surface area (Å²) >= 11 is 0. The Morgan fingerprint density at radius 1 is 1.35 bits per heavy atom. The quantitative estimate of drug-likeness (QED) is 0.754. The molecule has 0 aliphatic heterocycles. The van der Waals surface area contributed by atoms with Gasteiger partial charge in [0.25, 0.3) is 0 Å². The average molecular weight is 236 g/mol. The maximum Gasteiger partial charge on any atom is 0.236 e. The molecule has 0 fully saturated rings. The Hall–Kier alpha value is -1.55. The van der Waals surface area contributed by atoms with E-state index in [4.69, 9.17) is 10.5 Å². The van der Waals surface area contributed by atoms with Gasteiger partial charge in [-0.1, -0.05) is 6.07 Å². The fraction of sp³-hybridized carbons (Fsp3) is 0.462. The maximum absolute atomic E-state index is 11.2. The molecule has 0 aliphatic carbocycles. The summed E-state index contributed by atoms with van der Waals surface area (Å²) in [4.78, 5) is 11.2. The fourth-order valence-electron chi connectivity index (χ4n) is 1.52. The zero-order valence-corrected chi connectivity index (χ0v) is 10.6. The van der Waals surface area contributed by atoms with Crippen molar-refractivity contribution < 1.29 is 9.53 Å². The van der Waals surface area contributed by atoms with E-state index in [0.29, 0.717) is 13.2 Å². The first-order valence-electron chi connectivity index (χ1n) is 5.73. The first-order chi connectivity index (χ1) is 7.99. The van der Waals surface area contributed by atoms with Crippen LogP contribution in [0.2, 0.25) is 0 Å². The standard InChI is InChI=1S/C13H20N2O2/c1-9-6-10(2)8-12(7-9)17-5-4-15-13(16)11(3)14/h6-8,11H,4-5,14H2,1-3H3,(H,15,16)/t11-/m1/s1. The number of aryl methyl sites for hydroxylation is 2. The summed E-state index contributed by atoms with van der Waals surface area (Å²) in [6.07, 6.45) is 0. The summed E-state index contributed by atoms with van der Waals surface area (Å²) in [7, 11) is 0. The Morgan fingerprint density at radius 2 is 1.94 bits per heavy atom. The molecule has 0 saturated heterocycles. The van der Waals surface area contributed by atoms with Gasteiger partial charge in [0.15, 0.2) is 0 Å². The lowest BCUT2D eigenvalue weighted by atomic mass is 10.1. The van der Waals surface area contributed by atoms with Crippen molar-refractivity contribution in [2.45, 2.75) is 26.8 Å². The Bertz CT molecular complexity index is 369. The highest BCUT2D eigenvalue weighted by atomic mass is 16.5. The molecule has 0 aromatic heterocycles. The van der Waals surface area contributed by atoms with Crippen molar-refractivity contribution in [3.8, 4) is 5.75 Å². The van der Waals surface area contributed by atoms with Gasteiger partial charge in [-0.25, -0.2) is 0 Å². The maximum atomic E-state index is 11.2. The SMILES string of the molecule is Cc1cc(C)cc(OCCNC(=O)[C@@H](C)N)c1. The molecule has 0 spiro atoms. The normalized spacial score (nSPS) is 12.0. The molecule has 1 aromatic carbocycles. The number of hydrogen-bond donors (Lipinski definition) is 2. The van der Waals surface area contributed by atoms with E-state index in [1.54, 1.807) is 6.92 Å². The van der Waals surface area contributed by atoms with Crippen LogP contribution in [0.25, 0.3) is 0 Å². The molecule has 1 rings (SSSR count). The van der Waals surface area contributed by atoms with Crippen LogP contribution < -0.4 is 15.8 Å². The van der Waals surface area contributed by atoms with E-state index in [-0.39, 0.29) is 5.91 Å². The van der Waals surface area contributed by atoms with E-state index >= 15 is 0 Å². The van der Waals surface area contributed by atoms with Crippen molar-refractivity contribution in [1.29, 1.82) is 0 Å². The van der Waals surface area contributed by atoms with Gasteiger partial charge in [-0.2, -0.15) is 0 Å².